The van der Waals surface area contributed by atoms with Gasteiger partial charge in [-0.15, -0.1) is 0 Å². The highest BCUT2D eigenvalue weighted by molar-refractivity contribution is 5.54. The molecule has 1 saturated carbocycles. The van der Waals surface area contributed by atoms with Crippen LogP contribution in [0, 0.1) is 5.92 Å². The molecule has 1 aromatic rings. The van der Waals surface area contributed by atoms with E-state index in [1.54, 1.807) is 21.3 Å². The number of methoxy groups -OCH3 is 3. The van der Waals surface area contributed by atoms with Crippen LogP contribution in [-0.4, -0.2) is 26.4 Å². The molecule has 19 heavy (non-hydrogen) atoms. The zero-order valence-corrected chi connectivity index (χ0v) is 11.8. The van der Waals surface area contributed by atoms with Gasteiger partial charge in [-0.1, -0.05) is 19.3 Å². The van der Waals surface area contributed by atoms with Crippen LogP contribution in [0.1, 0.15) is 37.4 Å². The number of hydrogen-bond acceptors (Lipinski definition) is 4. The average molecular weight is 266 g/mol. The minimum Gasteiger partial charge on any atom is -0.493 e. The summed E-state index contributed by atoms with van der Waals surface area (Å²) in [6, 6.07) is 3.65. The first-order valence-electron chi connectivity index (χ1n) is 6.67. The van der Waals surface area contributed by atoms with Gasteiger partial charge in [0.15, 0.2) is 11.5 Å². The first-order chi connectivity index (χ1) is 9.19. The minimum atomic E-state index is -0.473. The normalized spacial score (nSPS) is 16.6. The van der Waals surface area contributed by atoms with Crippen molar-refractivity contribution in [2.75, 3.05) is 21.3 Å². The van der Waals surface area contributed by atoms with Crippen LogP contribution in [0.4, 0.5) is 0 Å². The standard InChI is InChI=1S/C15H22O4/c1-17-13-8-11(9-14(18-2)15(13)19-3)12(16)7-10-5-4-6-10/h8-10,12,16H,4-7H2,1-3H3. The van der Waals surface area contributed by atoms with Crippen molar-refractivity contribution in [1.82, 2.24) is 0 Å². The van der Waals surface area contributed by atoms with Gasteiger partial charge in [-0.3, -0.25) is 0 Å². The second-order valence-electron chi connectivity index (χ2n) is 5.01. The Morgan fingerprint density at radius 2 is 1.68 bits per heavy atom. The number of aliphatic hydroxyl groups is 1. The van der Waals surface area contributed by atoms with Gasteiger partial charge in [0, 0.05) is 0 Å². The van der Waals surface area contributed by atoms with Crippen LogP contribution in [0.2, 0.25) is 0 Å². The molecule has 4 nitrogen and oxygen atoms in total. The Kier molecular flexibility index (Phi) is 4.53. The summed E-state index contributed by atoms with van der Waals surface area (Å²) in [6.45, 7) is 0. The molecule has 1 aliphatic rings. The fourth-order valence-corrected chi connectivity index (χ4v) is 2.47. The molecule has 2 rings (SSSR count). The lowest BCUT2D eigenvalue weighted by atomic mass is 9.80. The van der Waals surface area contributed by atoms with E-state index in [2.05, 4.69) is 0 Å². The quantitative estimate of drug-likeness (QED) is 0.860. The van der Waals surface area contributed by atoms with E-state index in [1.165, 1.54) is 19.3 Å². The number of rotatable bonds is 6. The van der Waals surface area contributed by atoms with Gasteiger partial charge >= 0.3 is 0 Å². The van der Waals surface area contributed by atoms with Crippen molar-refractivity contribution >= 4 is 0 Å². The number of hydrogen-bond donors (Lipinski definition) is 1. The smallest absolute Gasteiger partial charge is 0.203 e. The van der Waals surface area contributed by atoms with E-state index >= 15 is 0 Å². The number of aliphatic hydroxyl groups excluding tert-OH is 1. The van der Waals surface area contributed by atoms with E-state index in [1.807, 2.05) is 12.1 Å². The molecule has 1 fully saturated rings. The van der Waals surface area contributed by atoms with E-state index < -0.39 is 6.10 Å². The second kappa shape index (κ2) is 6.15. The van der Waals surface area contributed by atoms with Crippen molar-refractivity contribution < 1.29 is 19.3 Å². The van der Waals surface area contributed by atoms with Gasteiger partial charge in [0.2, 0.25) is 5.75 Å². The van der Waals surface area contributed by atoms with Gasteiger partial charge in [0.1, 0.15) is 0 Å². The second-order valence-corrected chi connectivity index (χ2v) is 5.01. The monoisotopic (exact) mass is 266 g/mol. The molecule has 1 unspecified atom stereocenters. The average Bonchev–Trinajstić information content (AvgIpc) is 2.40. The molecule has 0 amide bonds. The Morgan fingerprint density at radius 1 is 1.11 bits per heavy atom. The Balaban J connectivity index is 2.23. The minimum absolute atomic E-state index is 0.473. The highest BCUT2D eigenvalue weighted by atomic mass is 16.5. The largest absolute Gasteiger partial charge is 0.493 e. The van der Waals surface area contributed by atoms with Gasteiger partial charge in [-0.05, 0) is 30.0 Å². The molecule has 1 aromatic carbocycles. The van der Waals surface area contributed by atoms with Crippen molar-refractivity contribution in [3.05, 3.63) is 17.7 Å². The zero-order valence-electron chi connectivity index (χ0n) is 11.8. The fraction of sp³-hybridized carbons (Fsp3) is 0.600. The molecule has 0 radical (unpaired) electrons. The molecule has 0 bridgehead atoms. The predicted molar refractivity (Wildman–Crippen MR) is 73.0 cm³/mol. The Bertz CT molecular complexity index is 401. The predicted octanol–water partition coefficient (Wildman–Crippen LogP) is 2.94. The van der Waals surface area contributed by atoms with Crippen LogP contribution in [0.5, 0.6) is 17.2 Å². The summed E-state index contributed by atoms with van der Waals surface area (Å²) < 4.78 is 15.9. The molecule has 0 saturated heterocycles. The maximum atomic E-state index is 10.3. The van der Waals surface area contributed by atoms with Crippen molar-refractivity contribution in [3.8, 4) is 17.2 Å². The van der Waals surface area contributed by atoms with Crippen LogP contribution in [0.3, 0.4) is 0 Å². The maximum absolute atomic E-state index is 10.3. The molecule has 106 valence electrons. The first-order valence-corrected chi connectivity index (χ1v) is 6.67. The molecule has 0 spiro atoms. The van der Waals surface area contributed by atoms with E-state index in [-0.39, 0.29) is 0 Å². The van der Waals surface area contributed by atoms with E-state index in [9.17, 15) is 5.11 Å². The van der Waals surface area contributed by atoms with Crippen molar-refractivity contribution in [2.45, 2.75) is 31.8 Å². The zero-order chi connectivity index (χ0) is 13.8. The summed E-state index contributed by atoms with van der Waals surface area (Å²) in [5, 5.41) is 10.3. The SMILES string of the molecule is COc1cc(C(O)CC2CCC2)cc(OC)c1OC. The van der Waals surface area contributed by atoms with Crippen LogP contribution in [0.25, 0.3) is 0 Å². The van der Waals surface area contributed by atoms with Crippen LogP contribution in [-0.2, 0) is 0 Å². The molecule has 0 heterocycles. The van der Waals surface area contributed by atoms with Crippen molar-refractivity contribution in [3.63, 3.8) is 0 Å². The van der Waals surface area contributed by atoms with Gasteiger partial charge in [0.25, 0.3) is 0 Å². The maximum Gasteiger partial charge on any atom is 0.203 e. The molecule has 0 aliphatic heterocycles. The third kappa shape index (κ3) is 2.95. The lowest BCUT2D eigenvalue weighted by molar-refractivity contribution is 0.118. The van der Waals surface area contributed by atoms with Gasteiger partial charge in [-0.2, -0.15) is 0 Å². The van der Waals surface area contributed by atoms with Gasteiger partial charge in [0.05, 0.1) is 27.4 Å². The number of ether oxygens (including phenoxy) is 3. The fourth-order valence-electron chi connectivity index (χ4n) is 2.47. The van der Waals surface area contributed by atoms with Gasteiger partial charge < -0.3 is 19.3 Å². The molecule has 4 heteroatoms. The van der Waals surface area contributed by atoms with Crippen molar-refractivity contribution in [2.24, 2.45) is 5.92 Å². The Labute approximate surface area is 114 Å². The topological polar surface area (TPSA) is 47.9 Å². The summed E-state index contributed by atoms with van der Waals surface area (Å²) in [5.41, 5.74) is 0.821. The first kappa shape index (κ1) is 14.0. The third-order valence-corrected chi connectivity index (χ3v) is 3.85. The highest BCUT2D eigenvalue weighted by Crippen LogP contribution is 2.42. The number of benzene rings is 1. The van der Waals surface area contributed by atoms with E-state index in [0.29, 0.717) is 23.2 Å². The Morgan fingerprint density at radius 3 is 2.05 bits per heavy atom. The molecular weight excluding hydrogens is 244 g/mol. The van der Waals surface area contributed by atoms with E-state index in [4.69, 9.17) is 14.2 Å². The summed E-state index contributed by atoms with van der Waals surface area (Å²) in [5.74, 6) is 2.38. The van der Waals surface area contributed by atoms with Crippen LogP contribution in [0.15, 0.2) is 12.1 Å². The summed E-state index contributed by atoms with van der Waals surface area (Å²) in [6.07, 6.45) is 4.06. The molecule has 1 atom stereocenters. The summed E-state index contributed by atoms with van der Waals surface area (Å²) >= 11 is 0. The highest BCUT2D eigenvalue weighted by Gasteiger charge is 2.23. The van der Waals surface area contributed by atoms with Crippen LogP contribution < -0.4 is 14.2 Å². The molecule has 1 aliphatic carbocycles. The van der Waals surface area contributed by atoms with Crippen molar-refractivity contribution in [1.29, 1.82) is 0 Å². The lowest BCUT2D eigenvalue weighted by Crippen LogP contribution is -2.15. The molecular formula is C15H22O4. The lowest BCUT2D eigenvalue weighted by Gasteiger charge is -2.28. The van der Waals surface area contributed by atoms with E-state index in [0.717, 1.165) is 12.0 Å². The molecule has 1 N–H and O–H groups in total. The summed E-state index contributed by atoms with van der Waals surface area (Å²) in [7, 11) is 4.74. The molecule has 0 aromatic heterocycles. The summed E-state index contributed by atoms with van der Waals surface area (Å²) in [4.78, 5) is 0. The van der Waals surface area contributed by atoms with Gasteiger partial charge in [-0.25, -0.2) is 0 Å². The third-order valence-electron chi connectivity index (χ3n) is 3.85. The Hall–Kier alpha value is -1.42. The van der Waals surface area contributed by atoms with Crippen LogP contribution >= 0.6 is 0 Å².